The maximum absolute atomic E-state index is 13.3. The molecule has 0 spiro atoms. The molecule has 2 heterocycles. The Bertz CT molecular complexity index is 1200. The number of carbonyl (C=O) groups excluding carboxylic acids is 2. The highest BCUT2D eigenvalue weighted by molar-refractivity contribution is 6.13. The van der Waals surface area contributed by atoms with Gasteiger partial charge in [-0.3, -0.25) is 19.0 Å². The Kier molecular flexibility index (Phi) is 4.14. The maximum Gasteiger partial charge on any atom is 0.263 e. The molecule has 0 atom stereocenters. The van der Waals surface area contributed by atoms with Gasteiger partial charge in [-0.15, -0.1) is 0 Å². The lowest BCUT2D eigenvalue weighted by Crippen LogP contribution is -2.29. The summed E-state index contributed by atoms with van der Waals surface area (Å²) in [5.74, 6) is 0.104. The fraction of sp³-hybridized carbons (Fsp3) is 0.273. The topological polar surface area (TPSA) is 72.3 Å². The van der Waals surface area contributed by atoms with E-state index in [1.807, 2.05) is 17.0 Å². The van der Waals surface area contributed by atoms with Gasteiger partial charge in [0.1, 0.15) is 0 Å². The summed E-state index contributed by atoms with van der Waals surface area (Å²) in [6, 6.07) is 9.77. The fourth-order valence-corrected chi connectivity index (χ4v) is 4.04. The van der Waals surface area contributed by atoms with Crippen molar-refractivity contribution >= 4 is 28.4 Å². The van der Waals surface area contributed by atoms with Gasteiger partial charge in [-0.05, 0) is 43.5 Å². The molecule has 0 bridgehead atoms. The zero-order valence-electron chi connectivity index (χ0n) is 16.4. The third-order valence-corrected chi connectivity index (χ3v) is 5.38. The number of fused-ring (bicyclic) bond motifs is 2. The molecule has 1 aliphatic heterocycles. The van der Waals surface area contributed by atoms with E-state index in [0.29, 0.717) is 41.2 Å². The van der Waals surface area contributed by atoms with E-state index in [4.69, 9.17) is 4.98 Å². The number of aromatic nitrogens is 2. The van der Waals surface area contributed by atoms with Gasteiger partial charge in [0, 0.05) is 31.3 Å². The molecule has 28 heavy (non-hydrogen) atoms. The summed E-state index contributed by atoms with van der Waals surface area (Å²) in [6.45, 7) is 5.91. The highest BCUT2D eigenvalue weighted by Crippen LogP contribution is 2.29. The van der Waals surface area contributed by atoms with E-state index in [9.17, 15) is 14.4 Å². The van der Waals surface area contributed by atoms with Crippen LogP contribution >= 0.6 is 0 Å². The first-order valence-electron chi connectivity index (χ1n) is 9.17. The van der Waals surface area contributed by atoms with Crippen LogP contribution in [0.3, 0.4) is 0 Å². The molecule has 4 rings (SSSR count). The minimum atomic E-state index is -0.313. The number of aryl methyl sites for hydroxylation is 1. The second kappa shape index (κ2) is 6.41. The minimum absolute atomic E-state index is 0.181. The van der Waals surface area contributed by atoms with Crippen molar-refractivity contribution in [3.8, 4) is 0 Å². The lowest BCUT2D eigenvalue weighted by molar-refractivity contribution is 0.100. The van der Waals surface area contributed by atoms with Gasteiger partial charge in [-0.1, -0.05) is 24.3 Å². The lowest BCUT2D eigenvalue weighted by atomic mass is 9.95. The van der Waals surface area contributed by atoms with Crippen molar-refractivity contribution in [3.63, 3.8) is 0 Å². The van der Waals surface area contributed by atoms with Crippen LogP contribution in [0.15, 0.2) is 35.1 Å². The normalized spacial score (nSPS) is 13.1. The Balaban J connectivity index is 2.01. The summed E-state index contributed by atoms with van der Waals surface area (Å²) in [6.07, 6.45) is 0. The van der Waals surface area contributed by atoms with Gasteiger partial charge in [-0.2, -0.15) is 0 Å². The molecule has 1 aliphatic rings. The van der Waals surface area contributed by atoms with E-state index in [1.165, 1.54) is 29.5 Å². The van der Waals surface area contributed by atoms with Crippen LogP contribution in [-0.2, 0) is 20.1 Å². The first-order chi connectivity index (χ1) is 13.3. The number of ketones is 2. The standard InChI is InChI=1S/C22H21N3O3/c1-12-9-17(13(2)26)20-19(18(12)14(3)27)21(28)24(4)22(23-20)25-10-15-7-5-6-8-16(15)11-25/h5-9H,10-11H2,1-4H3. The molecule has 0 unspecified atom stereocenters. The molecule has 6 heteroatoms. The molecule has 3 aromatic rings. The predicted octanol–water partition coefficient (Wildman–Crippen LogP) is 3.17. The van der Waals surface area contributed by atoms with Crippen LogP contribution in [0.2, 0.25) is 0 Å². The van der Waals surface area contributed by atoms with Crippen LogP contribution in [0.4, 0.5) is 5.95 Å². The Morgan fingerprint density at radius 1 is 1.04 bits per heavy atom. The molecule has 0 N–H and O–H groups in total. The zero-order valence-corrected chi connectivity index (χ0v) is 16.4. The van der Waals surface area contributed by atoms with Gasteiger partial charge in [0.15, 0.2) is 11.6 Å². The van der Waals surface area contributed by atoms with Gasteiger partial charge in [-0.25, -0.2) is 4.98 Å². The van der Waals surface area contributed by atoms with Crippen molar-refractivity contribution < 1.29 is 9.59 Å². The van der Waals surface area contributed by atoms with Gasteiger partial charge < -0.3 is 4.90 Å². The van der Waals surface area contributed by atoms with Crippen molar-refractivity contribution in [1.29, 1.82) is 0 Å². The van der Waals surface area contributed by atoms with Crippen molar-refractivity contribution in [1.82, 2.24) is 9.55 Å². The van der Waals surface area contributed by atoms with E-state index in [2.05, 4.69) is 12.1 Å². The molecule has 142 valence electrons. The van der Waals surface area contributed by atoms with E-state index < -0.39 is 0 Å². The molecule has 0 saturated carbocycles. The molecule has 0 radical (unpaired) electrons. The summed E-state index contributed by atoms with van der Waals surface area (Å²) < 4.78 is 1.48. The zero-order chi connectivity index (χ0) is 20.2. The molecule has 6 nitrogen and oxygen atoms in total. The average molecular weight is 375 g/mol. The molecule has 0 saturated heterocycles. The quantitative estimate of drug-likeness (QED) is 0.658. The highest BCUT2D eigenvalue weighted by Gasteiger charge is 2.26. The highest BCUT2D eigenvalue weighted by atomic mass is 16.1. The number of anilines is 1. The van der Waals surface area contributed by atoms with Crippen LogP contribution < -0.4 is 10.5 Å². The van der Waals surface area contributed by atoms with Crippen LogP contribution in [0.1, 0.15) is 51.3 Å². The Labute approximate surface area is 162 Å². The van der Waals surface area contributed by atoms with E-state index in [1.54, 1.807) is 20.0 Å². The van der Waals surface area contributed by atoms with Gasteiger partial charge in [0.25, 0.3) is 5.56 Å². The van der Waals surface area contributed by atoms with E-state index >= 15 is 0 Å². The molecular formula is C22H21N3O3. The monoisotopic (exact) mass is 375 g/mol. The molecule has 0 fully saturated rings. The van der Waals surface area contributed by atoms with Crippen molar-refractivity contribution in [2.24, 2.45) is 7.05 Å². The SMILES string of the molecule is CC(=O)c1cc(C)c(C(C)=O)c2c(=O)n(C)c(N3Cc4ccccc4C3)nc12. The average Bonchev–Trinajstić information content (AvgIpc) is 3.07. The third kappa shape index (κ3) is 2.64. The molecular weight excluding hydrogens is 354 g/mol. The Morgan fingerprint density at radius 2 is 1.64 bits per heavy atom. The number of Topliss-reactive ketones (excluding diaryl/α,β-unsaturated/α-hetero) is 2. The van der Waals surface area contributed by atoms with Gasteiger partial charge in [0.2, 0.25) is 5.95 Å². The van der Waals surface area contributed by atoms with Crippen LogP contribution in [-0.4, -0.2) is 21.1 Å². The number of carbonyl (C=O) groups is 2. The molecule has 1 aromatic heterocycles. The van der Waals surface area contributed by atoms with E-state index in [-0.39, 0.29) is 22.5 Å². The molecule has 0 amide bonds. The van der Waals surface area contributed by atoms with Crippen molar-refractivity contribution in [2.45, 2.75) is 33.9 Å². The summed E-state index contributed by atoms with van der Waals surface area (Å²) in [5, 5.41) is 0.223. The second-order valence-electron chi connectivity index (χ2n) is 7.35. The van der Waals surface area contributed by atoms with Gasteiger partial charge >= 0.3 is 0 Å². The largest absolute Gasteiger partial charge is 0.333 e. The predicted molar refractivity (Wildman–Crippen MR) is 108 cm³/mol. The fourth-order valence-electron chi connectivity index (χ4n) is 4.04. The number of hydrogen-bond acceptors (Lipinski definition) is 5. The Hall–Kier alpha value is -3.28. The molecule has 2 aromatic carbocycles. The maximum atomic E-state index is 13.3. The summed E-state index contributed by atoms with van der Waals surface area (Å²) >= 11 is 0. The summed E-state index contributed by atoms with van der Waals surface area (Å²) in [4.78, 5) is 44.5. The van der Waals surface area contributed by atoms with Crippen LogP contribution in [0.5, 0.6) is 0 Å². The number of nitrogens with zero attached hydrogens (tertiary/aromatic N) is 3. The smallest absolute Gasteiger partial charge is 0.263 e. The Morgan fingerprint density at radius 3 is 2.18 bits per heavy atom. The van der Waals surface area contributed by atoms with Crippen LogP contribution in [0, 0.1) is 6.92 Å². The summed E-state index contributed by atoms with van der Waals surface area (Å²) in [7, 11) is 1.66. The minimum Gasteiger partial charge on any atom is -0.333 e. The van der Waals surface area contributed by atoms with Crippen LogP contribution in [0.25, 0.3) is 10.9 Å². The number of rotatable bonds is 3. The van der Waals surface area contributed by atoms with Crippen molar-refractivity contribution in [3.05, 3.63) is 68.5 Å². The number of benzene rings is 2. The third-order valence-electron chi connectivity index (χ3n) is 5.38. The molecule has 0 aliphatic carbocycles. The lowest BCUT2D eigenvalue weighted by Gasteiger charge is -2.21. The number of hydrogen-bond donors (Lipinski definition) is 0. The second-order valence-corrected chi connectivity index (χ2v) is 7.35. The van der Waals surface area contributed by atoms with Crippen molar-refractivity contribution in [2.75, 3.05) is 4.90 Å². The van der Waals surface area contributed by atoms with E-state index in [0.717, 1.165) is 0 Å². The first-order valence-corrected chi connectivity index (χ1v) is 9.17. The van der Waals surface area contributed by atoms with Gasteiger partial charge in [0.05, 0.1) is 10.9 Å². The first kappa shape index (κ1) is 18.1. The summed E-state index contributed by atoms with van der Waals surface area (Å²) in [5.41, 5.74) is 3.70.